The van der Waals surface area contributed by atoms with E-state index in [1.165, 1.54) is 13.2 Å². The smallest absolute Gasteiger partial charge is 0.265 e. The van der Waals surface area contributed by atoms with E-state index in [1.807, 2.05) is 0 Å². The zero-order valence-electron chi connectivity index (χ0n) is 11.5. The number of sulfonamides is 1. The number of nitrogens with zero attached hydrogens (tertiary/aromatic N) is 1. The van der Waals surface area contributed by atoms with Crippen LogP contribution in [0.15, 0.2) is 52.0 Å². The van der Waals surface area contributed by atoms with Crippen molar-refractivity contribution in [1.82, 2.24) is 10.2 Å². The Hall–Kier alpha value is -2.06. The molecule has 0 saturated heterocycles. The molecule has 3 aromatic rings. The van der Waals surface area contributed by atoms with E-state index in [9.17, 15) is 8.42 Å². The average molecular weight is 382 g/mol. The van der Waals surface area contributed by atoms with E-state index >= 15 is 0 Å². The van der Waals surface area contributed by atoms with Crippen LogP contribution in [0.4, 0.5) is 5.69 Å². The SMILES string of the molecule is COc1ccc(Br)cc1S(=O)(=O)Nc1ccc2cn[nH]c2c1. The van der Waals surface area contributed by atoms with Gasteiger partial charge in [-0.1, -0.05) is 15.9 Å². The lowest BCUT2D eigenvalue weighted by Crippen LogP contribution is -2.14. The molecular formula is C14H12BrN3O3S. The average Bonchev–Trinajstić information content (AvgIpc) is 2.94. The lowest BCUT2D eigenvalue weighted by atomic mass is 10.2. The number of fused-ring (bicyclic) bond motifs is 1. The summed E-state index contributed by atoms with van der Waals surface area (Å²) in [6.07, 6.45) is 1.67. The van der Waals surface area contributed by atoms with Gasteiger partial charge in [0, 0.05) is 9.86 Å². The van der Waals surface area contributed by atoms with Crippen LogP contribution in [0.2, 0.25) is 0 Å². The highest BCUT2D eigenvalue weighted by atomic mass is 79.9. The molecule has 0 unspecified atom stereocenters. The summed E-state index contributed by atoms with van der Waals surface area (Å²) in [5, 5.41) is 7.61. The molecule has 0 fully saturated rings. The van der Waals surface area contributed by atoms with Crippen molar-refractivity contribution in [2.24, 2.45) is 0 Å². The number of aromatic nitrogens is 2. The second-order valence-corrected chi connectivity index (χ2v) is 7.14. The number of hydrogen-bond acceptors (Lipinski definition) is 4. The van der Waals surface area contributed by atoms with Crippen LogP contribution in [0.25, 0.3) is 10.9 Å². The van der Waals surface area contributed by atoms with Gasteiger partial charge in [0.15, 0.2) is 0 Å². The van der Waals surface area contributed by atoms with Crippen molar-refractivity contribution in [2.45, 2.75) is 4.90 Å². The third-order valence-electron chi connectivity index (χ3n) is 3.11. The second-order valence-electron chi connectivity index (χ2n) is 4.57. The topological polar surface area (TPSA) is 84.1 Å². The number of nitrogens with one attached hydrogen (secondary N) is 2. The summed E-state index contributed by atoms with van der Waals surface area (Å²) in [4.78, 5) is 0.0640. The van der Waals surface area contributed by atoms with Crippen LogP contribution in [-0.2, 0) is 10.0 Å². The van der Waals surface area contributed by atoms with Gasteiger partial charge in [0.05, 0.1) is 24.5 Å². The highest BCUT2D eigenvalue weighted by molar-refractivity contribution is 9.10. The van der Waals surface area contributed by atoms with Crippen LogP contribution < -0.4 is 9.46 Å². The summed E-state index contributed by atoms with van der Waals surface area (Å²) < 4.78 is 33.5. The minimum Gasteiger partial charge on any atom is -0.495 e. The Balaban J connectivity index is 2.01. The van der Waals surface area contributed by atoms with Gasteiger partial charge in [-0.25, -0.2) is 8.42 Å². The molecule has 0 amide bonds. The third kappa shape index (κ3) is 2.79. The number of rotatable bonds is 4. The van der Waals surface area contributed by atoms with Gasteiger partial charge in [-0.3, -0.25) is 9.82 Å². The van der Waals surface area contributed by atoms with Gasteiger partial charge in [-0.2, -0.15) is 5.10 Å². The van der Waals surface area contributed by atoms with E-state index in [4.69, 9.17) is 4.74 Å². The van der Waals surface area contributed by atoms with Crippen molar-refractivity contribution in [3.8, 4) is 5.75 Å². The predicted octanol–water partition coefficient (Wildman–Crippen LogP) is 3.13. The number of anilines is 1. The summed E-state index contributed by atoms with van der Waals surface area (Å²) in [6.45, 7) is 0. The monoisotopic (exact) mass is 381 g/mol. The fraction of sp³-hybridized carbons (Fsp3) is 0.0714. The number of methoxy groups -OCH3 is 1. The molecular weight excluding hydrogens is 370 g/mol. The maximum Gasteiger partial charge on any atom is 0.265 e. The van der Waals surface area contributed by atoms with Gasteiger partial charge >= 0.3 is 0 Å². The Morgan fingerprint density at radius 2 is 2.05 bits per heavy atom. The zero-order chi connectivity index (χ0) is 15.7. The molecule has 0 aliphatic heterocycles. The molecule has 2 N–H and O–H groups in total. The van der Waals surface area contributed by atoms with Crippen molar-refractivity contribution >= 4 is 42.5 Å². The molecule has 6 nitrogen and oxygen atoms in total. The quantitative estimate of drug-likeness (QED) is 0.726. The summed E-state index contributed by atoms with van der Waals surface area (Å²) in [6, 6.07) is 9.96. The van der Waals surface area contributed by atoms with Crippen LogP contribution in [-0.4, -0.2) is 25.7 Å². The molecule has 0 atom stereocenters. The van der Waals surface area contributed by atoms with Gasteiger partial charge in [-0.05, 0) is 36.4 Å². The summed E-state index contributed by atoms with van der Waals surface area (Å²) in [7, 11) is -2.34. The molecule has 3 rings (SSSR count). The standard InChI is InChI=1S/C14H12BrN3O3S/c1-21-13-5-3-10(15)6-14(13)22(19,20)18-11-4-2-9-8-16-17-12(9)7-11/h2-8,18H,1H3,(H,16,17). The van der Waals surface area contributed by atoms with Crippen LogP contribution in [0.5, 0.6) is 5.75 Å². The second kappa shape index (κ2) is 5.62. The molecule has 1 aromatic heterocycles. The number of ether oxygens (including phenoxy) is 1. The maximum atomic E-state index is 12.6. The zero-order valence-corrected chi connectivity index (χ0v) is 13.9. The fourth-order valence-electron chi connectivity index (χ4n) is 2.07. The van der Waals surface area contributed by atoms with Gasteiger partial charge in [0.1, 0.15) is 10.6 Å². The Morgan fingerprint density at radius 1 is 1.23 bits per heavy atom. The molecule has 0 saturated carbocycles. The van der Waals surface area contributed by atoms with Crippen molar-refractivity contribution in [3.05, 3.63) is 47.1 Å². The van der Waals surface area contributed by atoms with Crippen LogP contribution in [0.1, 0.15) is 0 Å². The first-order valence-electron chi connectivity index (χ1n) is 6.29. The highest BCUT2D eigenvalue weighted by Crippen LogP contribution is 2.29. The molecule has 0 aliphatic carbocycles. The molecule has 2 aromatic carbocycles. The molecule has 0 bridgehead atoms. The van der Waals surface area contributed by atoms with Crippen molar-refractivity contribution in [2.75, 3.05) is 11.8 Å². The maximum absolute atomic E-state index is 12.6. The molecule has 1 heterocycles. The summed E-state index contributed by atoms with van der Waals surface area (Å²) in [5.74, 6) is 0.276. The summed E-state index contributed by atoms with van der Waals surface area (Å²) >= 11 is 3.27. The Kier molecular flexibility index (Phi) is 3.79. The van der Waals surface area contributed by atoms with Gasteiger partial charge in [-0.15, -0.1) is 0 Å². The summed E-state index contributed by atoms with van der Waals surface area (Å²) in [5.41, 5.74) is 1.19. The van der Waals surface area contributed by atoms with E-state index in [2.05, 4.69) is 30.8 Å². The number of hydrogen-bond donors (Lipinski definition) is 2. The van der Waals surface area contributed by atoms with Crippen LogP contribution in [0, 0.1) is 0 Å². The van der Waals surface area contributed by atoms with Gasteiger partial charge < -0.3 is 4.74 Å². The number of benzene rings is 2. The first-order chi connectivity index (χ1) is 10.5. The minimum atomic E-state index is -3.77. The van der Waals surface area contributed by atoms with Gasteiger partial charge in [0.2, 0.25) is 0 Å². The predicted molar refractivity (Wildman–Crippen MR) is 87.6 cm³/mol. The minimum absolute atomic E-state index is 0.0640. The van der Waals surface area contributed by atoms with Crippen molar-refractivity contribution < 1.29 is 13.2 Å². The molecule has 0 aliphatic rings. The Morgan fingerprint density at radius 3 is 2.82 bits per heavy atom. The van der Waals surface area contributed by atoms with E-state index in [0.29, 0.717) is 10.2 Å². The Labute approximate surface area is 135 Å². The molecule has 22 heavy (non-hydrogen) atoms. The largest absolute Gasteiger partial charge is 0.495 e. The molecule has 0 spiro atoms. The number of halogens is 1. The molecule has 0 radical (unpaired) electrons. The van der Waals surface area contributed by atoms with Gasteiger partial charge in [0.25, 0.3) is 10.0 Å². The van der Waals surface area contributed by atoms with Crippen molar-refractivity contribution in [3.63, 3.8) is 0 Å². The lowest BCUT2D eigenvalue weighted by Gasteiger charge is -2.12. The lowest BCUT2D eigenvalue weighted by molar-refractivity contribution is 0.403. The first-order valence-corrected chi connectivity index (χ1v) is 8.57. The van der Waals surface area contributed by atoms with E-state index < -0.39 is 10.0 Å². The highest BCUT2D eigenvalue weighted by Gasteiger charge is 2.20. The van der Waals surface area contributed by atoms with Crippen molar-refractivity contribution in [1.29, 1.82) is 0 Å². The molecule has 8 heteroatoms. The van der Waals surface area contributed by atoms with E-state index in [-0.39, 0.29) is 10.6 Å². The molecule has 114 valence electrons. The number of H-pyrrole nitrogens is 1. The fourth-order valence-corrected chi connectivity index (χ4v) is 3.83. The van der Waals surface area contributed by atoms with E-state index in [0.717, 1.165) is 10.9 Å². The van der Waals surface area contributed by atoms with Crippen LogP contribution in [0.3, 0.4) is 0 Å². The third-order valence-corrected chi connectivity index (χ3v) is 5.01. The number of aromatic amines is 1. The normalized spacial score (nSPS) is 11.5. The Bertz CT molecular complexity index is 937. The van der Waals surface area contributed by atoms with E-state index in [1.54, 1.807) is 36.5 Å². The first kappa shape index (κ1) is 14.9. The van der Waals surface area contributed by atoms with Crippen LogP contribution >= 0.6 is 15.9 Å².